The first-order valence-electron chi connectivity index (χ1n) is 4.47. The van der Waals surface area contributed by atoms with Crippen LogP contribution < -0.4 is 0 Å². The molecule has 0 radical (unpaired) electrons. The summed E-state index contributed by atoms with van der Waals surface area (Å²) >= 11 is 0. The predicted octanol–water partition coefficient (Wildman–Crippen LogP) is 1.74. The van der Waals surface area contributed by atoms with Crippen LogP contribution in [0.4, 0.5) is 0 Å². The average Bonchev–Trinajstić information content (AvgIpc) is 2.16. The molecule has 0 N–H and O–H groups in total. The first kappa shape index (κ1) is 8.28. The van der Waals surface area contributed by atoms with Gasteiger partial charge in [-0.1, -0.05) is 24.3 Å². The lowest BCUT2D eigenvalue weighted by atomic mass is 9.91. The minimum absolute atomic E-state index is 0.0509. The monoisotopic (exact) mass is 172 g/mol. The SMILES string of the molecule is CN1Cc2ccccc2C(C#N)C1. The van der Waals surface area contributed by atoms with Crippen LogP contribution in [0.15, 0.2) is 24.3 Å². The summed E-state index contributed by atoms with van der Waals surface area (Å²) in [5.74, 6) is 0.0509. The van der Waals surface area contributed by atoms with Crippen molar-refractivity contribution in [3.05, 3.63) is 35.4 Å². The molecule has 0 saturated heterocycles. The third-order valence-corrected chi connectivity index (χ3v) is 2.52. The van der Waals surface area contributed by atoms with Crippen LogP contribution in [-0.4, -0.2) is 18.5 Å². The van der Waals surface area contributed by atoms with E-state index in [4.69, 9.17) is 5.26 Å². The predicted molar refractivity (Wildman–Crippen MR) is 51.1 cm³/mol. The molecule has 13 heavy (non-hydrogen) atoms. The molecule has 1 aliphatic heterocycles. The summed E-state index contributed by atoms with van der Waals surface area (Å²) in [6, 6.07) is 10.6. The second-order valence-corrected chi connectivity index (χ2v) is 3.58. The van der Waals surface area contributed by atoms with Gasteiger partial charge in [0.25, 0.3) is 0 Å². The summed E-state index contributed by atoms with van der Waals surface area (Å²) in [5, 5.41) is 8.98. The molecule has 1 aromatic rings. The van der Waals surface area contributed by atoms with Gasteiger partial charge in [0.1, 0.15) is 0 Å². The largest absolute Gasteiger partial charge is 0.300 e. The maximum absolute atomic E-state index is 8.98. The van der Waals surface area contributed by atoms with E-state index in [2.05, 4.69) is 30.1 Å². The van der Waals surface area contributed by atoms with Crippen LogP contribution in [0, 0.1) is 11.3 Å². The van der Waals surface area contributed by atoms with Crippen molar-refractivity contribution in [1.82, 2.24) is 4.90 Å². The van der Waals surface area contributed by atoms with Crippen molar-refractivity contribution in [2.24, 2.45) is 0 Å². The Hall–Kier alpha value is -1.33. The lowest BCUT2D eigenvalue weighted by Crippen LogP contribution is -2.29. The molecule has 0 aromatic heterocycles. The van der Waals surface area contributed by atoms with E-state index in [1.807, 2.05) is 12.1 Å². The lowest BCUT2D eigenvalue weighted by Gasteiger charge is -2.28. The van der Waals surface area contributed by atoms with Gasteiger partial charge in [0.15, 0.2) is 0 Å². The van der Waals surface area contributed by atoms with Crippen molar-refractivity contribution in [1.29, 1.82) is 5.26 Å². The van der Waals surface area contributed by atoms with Crippen LogP contribution in [0.2, 0.25) is 0 Å². The zero-order valence-corrected chi connectivity index (χ0v) is 7.70. The number of rotatable bonds is 0. The Morgan fingerprint density at radius 2 is 2.23 bits per heavy atom. The molecule has 1 atom stereocenters. The number of benzene rings is 1. The third-order valence-electron chi connectivity index (χ3n) is 2.52. The molecule has 2 heteroatoms. The topological polar surface area (TPSA) is 27.0 Å². The Morgan fingerprint density at radius 3 is 3.00 bits per heavy atom. The van der Waals surface area contributed by atoms with Crippen molar-refractivity contribution >= 4 is 0 Å². The van der Waals surface area contributed by atoms with Gasteiger partial charge in [0.05, 0.1) is 12.0 Å². The molecular formula is C11H12N2. The second-order valence-electron chi connectivity index (χ2n) is 3.58. The highest BCUT2D eigenvalue weighted by Crippen LogP contribution is 2.26. The maximum atomic E-state index is 8.98. The van der Waals surface area contributed by atoms with Crippen LogP contribution >= 0.6 is 0 Å². The van der Waals surface area contributed by atoms with Gasteiger partial charge in [-0.05, 0) is 18.2 Å². The molecule has 0 aliphatic carbocycles. The summed E-state index contributed by atoms with van der Waals surface area (Å²) in [6.45, 7) is 1.82. The minimum Gasteiger partial charge on any atom is -0.300 e. The molecule has 1 aliphatic rings. The Morgan fingerprint density at radius 1 is 1.46 bits per heavy atom. The molecule has 0 fully saturated rings. The van der Waals surface area contributed by atoms with Crippen molar-refractivity contribution < 1.29 is 0 Å². The van der Waals surface area contributed by atoms with Crippen molar-refractivity contribution in [2.45, 2.75) is 12.5 Å². The van der Waals surface area contributed by atoms with Crippen LogP contribution in [0.5, 0.6) is 0 Å². The molecule has 0 bridgehead atoms. The maximum Gasteiger partial charge on any atom is 0.0842 e. The van der Waals surface area contributed by atoms with Gasteiger partial charge >= 0.3 is 0 Å². The zero-order chi connectivity index (χ0) is 9.26. The summed E-state index contributed by atoms with van der Waals surface area (Å²) in [7, 11) is 2.06. The summed E-state index contributed by atoms with van der Waals surface area (Å²) in [5.41, 5.74) is 2.51. The first-order valence-corrected chi connectivity index (χ1v) is 4.47. The summed E-state index contributed by atoms with van der Waals surface area (Å²) in [4.78, 5) is 2.19. The van der Waals surface area contributed by atoms with E-state index in [0.29, 0.717) is 0 Å². The molecule has 1 aromatic carbocycles. The Bertz CT molecular complexity index is 351. The van der Waals surface area contributed by atoms with E-state index in [1.165, 1.54) is 11.1 Å². The van der Waals surface area contributed by atoms with Crippen LogP contribution in [0.25, 0.3) is 0 Å². The van der Waals surface area contributed by atoms with Crippen LogP contribution in [0.1, 0.15) is 17.0 Å². The van der Waals surface area contributed by atoms with E-state index in [1.54, 1.807) is 0 Å². The highest BCUT2D eigenvalue weighted by Gasteiger charge is 2.21. The molecule has 1 heterocycles. The quantitative estimate of drug-likeness (QED) is 0.596. The fourth-order valence-corrected chi connectivity index (χ4v) is 1.89. The van der Waals surface area contributed by atoms with Gasteiger partial charge in [0, 0.05) is 13.1 Å². The van der Waals surface area contributed by atoms with Crippen molar-refractivity contribution in [3.63, 3.8) is 0 Å². The number of hydrogen-bond acceptors (Lipinski definition) is 2. The molecular weight excluding hydrogens is 160 g/mol. The van der Waals surface area contributed by atoms with Gasteiger partial charge in [-0.2, -0.15) is 5.26 Å². The average molecular weight is 172 g/mol. The second kappa shape index (κ2) is 3.20. The smallest absolute Gasteiger partial charge is 0.0842 e. The van der Waals surface area contributed by atoms with E-state index in [-0.39, 0.29) is 5.92 Å². The summed E-state index contributed by atoms with van der Waals surface area (Å²) in [6.07, 6.45) is 0. The molecule has 66 valence electrons. The highest BCUT2D eigenvalue weighted by molar-refractivity contribution is 5.36. The van der Waals surface area contributed by atoms with Gasteiger partial charge in [-0.25, -0.2) is 0 Å². The minimum atomic E-state index is 0.0509. The van der Waals surface area contributed by atoms with E-state index in [0.717, 1.165) is 13.1 Å². The van der Waals surface area contributed by atoms with Gasteiger partial charge in [-0.3, -0.25) is 0 Å². The normalized spacial score (nSPS) is 22.0. The number of likely N-dealkylation sites (N-methyl/N-ethyl adjacent to an activating group) is 1. The number of nitriles is 1. The van der Waals surface area contributed by atoms with E-state index < -0.39 is 0 Å². The van der Waals surface area contributed by atoms with Crippen LogP contribution in [0.3, 0.4) is 0 Å². The molecule has 2 rings (SSSR count). The van der Waals surface area contributed by atoms with Gasteiger partial charge in [0.2, 0.25) is 0 Å². The number of fused-ring (bicyclic) bond motifs is 1. The Labute approximate surface area is 78.4 Å². The molecule has 0 amide bonds. The highest BCUT2D eigenvalue weighted by atomic mass is 15.1. The third kappa shape index (κ3) is 1.43. The molecule has 2 nitrogen and oxygen atoms in total. The Balaban J connectivity index is 2.44. The Kier molecular flexibility index (Phi) is 2.03. The first-order chi connectivity index (χ1) is 6.31. The van der Waals surface area contributed by atoms with Crippen molar-refractivity contribution in [2.75, 3.05) is 13.6 Å². The van der Waals surface area contributed by atoms with E-state index in [9.17, 15) is 0 Å². The van der Waals surface area contributed by atoms with Crippen molar-refractivity contribution in [3.8, 4) is 6.07 Å². The number of hydrogen-bond donors (Lipinski definition) is 0. The fourth-order valence-electron chi connectivity index (χ4n) is 1.89. The molecule has 1 unspecified atom stereocenters. The number of nitrogens with zero attached hydrogens (tertiary/aromatic N) is 2. The standard InChI is InChI=1S/C11H12N2/c1-13-7-9-4-2-3-5-11(9)10(6-12)8-13/h2-5,10H,7-8H2,1H3. The lowest BCUT2D eigenvalue weighted by molar-refractivity contribution is 0.300. The van der Waals surface area contributed by atoms with Crippen LogP contribution in [-0.2, 0) is 6.54 Å². The molecule has 0 saturated carbocycles. The zero-order valence-electron chi connectivity index (χ0n) is 7.70. The summed E-state index contributed by atoms with van der Waals surface area (Å²) < 4.78 is 0. The van der Waals surface area contributed by atoms with Gasteiger partial charge < -0.3 is 4.90 Å². The fraction of sp³-hybridized carbons (Fsp3) is 0.364. The van der Waals surface area contributed by atoms with E-state index >= 15 is 0 Å². The van der Waals surface area contributed by atoms with Gasteiger partial charge in [-0.15, -0.1) is 0 Å². The molecule has 0 spiro atoms.